The molecule has 3 rings (SSSR count). The van der Waals surface area contributed by atoms with Gasteiger partial charge in [0.2, 0.25) is 0 Å². The number of nitrogens with zero attached hydrogens (tertiary/aromatic N) is 4. The number of aryl methyl sites for hydroxylation is 1. The summed E-state index contributed by atoms with van der Waals surface area (Å²) >= 11 is 0. The molecule has 2 aromatic heterocycles. The van der Waals surface area contributed by atoms with E-state index in [4.69, 9.17) is 5.73 Å². The summed E-state index contributed by atoms with van der Waals surface area (Å²) in [4.78, 5) is 0. The van der Waals surface area contributed by atoms with Crippen LogP contribution in [0.5, 0.6) is 0 Å². The molecule has 0 saturated carbocycles. The van der Waals surface area contributed by atoms with Gasteiger partial charge in [-0.25, -0.2) is 0 Å². The van der Waals surface area contributed by atoms with E-state index in [9.17, 15) is 0 Å². The average Bonchev–Trinajstić information content (AvgIpc) is 2.82. The minimum absolute atomic E-state index is 0.216. The molecule has 0 fully saturated rings. The molecule has 0 aliphatic carbocycles. The number of benzene rings is 1. The lowest BCUT2D eigenvalue weighted by atomic mass is 10.1. The van der Waals surface area contributed by atoms with Crippen molar-refractivity contribution in [3.8, 4) is 0 Å². The quantitative estimate of drug-likeness (QED) is 0.771. The molecule has 3 aromatic rings. The van der Waals surface area contributed by atoms with Crippen LogP contribution in [0.3, 0.4) is 0 Å². The predicted octanol–water partition coefficient (Wildman–Crippen LogP) is 1.68. The fourth-order valence-electron chi connectivity index (χ4n) is 2.09. The van der Waals surface area contributed by atoms with Gasteiger partial charge in [-0.05, 0) is 31.0 Å². The summed E-state index contributed by atoms with van der Waals surface area (Å²) in [6.45, 7) is 1.94. The average molecular weight is 253 g/mol. The van der Waals surface area contributed by atoms with Crippen LogP contribution in [0.25, 0.3) is 5.65 Å². The normalized spacial score (nSPS) is 12.7. The molecule has 1 aromatic carbocycles. The molecule has 0 aliphatic heterocycles. The zero-order valence-electron chi connectivity index (χ0n) is 10.7. The Labute approximate surface area is 111 Å². The second-order valence-corrected chi connectivity index (χ2v) is 4.60. The Hall–Kier alpha value is -2.27. The van der Waals surface area contributed by atoms with Gasteiger partial charge in [0.1, 0.15) is 0 Å². The maximum absolute atomic E-state index is 6.22. The number of hydrogen-bond acceptors (Lipinski definition) is 4. The maximum Gasteiger partial charge on any atom is 0.177 e. The molecule has 0 aliphatic rings. The summed E-state index contributed by atoms with van der Waals surface area (Å²) in [5.74, 6) is 0.697. The van der Waals surface area contributed by atoms with E-state index in [0.29, 0.717) is 5.82 Å². The van der Waals surface area contributed by atoms with E-state index in [1.807, 2.05) is 37.3 Å². The minimum Gasteiger partial charge on any atom is -0.321 e. The molecule has 96 valence electrons. The van der Waals surface area contributed by atoms with Crippen LogP contribution in [0.4, 0.5) is 0 Å². The summed E-state index contributed by atoms with van der Waals surface area (Å²) < 4.78 is 1.73. The Morgan fingerprint density at radius 1 is 1.11 bits per heavy atom. The summed E-state index contributed by atoms with van der Waals surface area (Å²) in [5.41, 5.74) is 9.05. The molecule has 19 heavy (non-hydrogen) atoms. The van der Waals surface area contributed by atoms with Gasteiger partial charge in [-0.1, -0.05) is 30.3 Å². The van der Waals surface area contributed by atoms with Crippen LogP contribution in [0.1, 0.15) is 23.1 Å². The Balaban J connectivity index is 1.93. The summed E-state index contributed by atoms with van der Waals surface area (Å²) in [6, 6.07) is 13.7. The highest BCUT2D eigenvalue weighted by Gasteiger charge is 2.15. The lowest BCUT2D eigenvalue weighted by Crippen LogP contribution is -2.17. The third kappa shape index (κ3) is 2.32. The molecule has 0 saturated heterocycles. The fourth-order valence-corrected chi connectivity index (χ4v) is 2.09. The van der Waals surface area contributed by atoms with Crippen LogP contribution >= 0.6 is 0 Å². The lowest BCUT2D eigenvalue weighted by molar-refractivity contribution is 0.635. The van der Waals surface area contributed by atoms with Crippen LogP contribution in [0, 0.1) is 6.92 Å². The maximum atomic E-state index is 6.22. The van der Waals surface area contributed by atoms with Gasteiger partial charge in [-0.2, -0.15) is 9.61 Å². The van der Waals surface area contributed by atoms with Crippen molar-refractivity contribution in [2.75, 3.05) is 0 Å². The Morgan fingerprint density at radius 3 is 2.68 bits per heavy atom. The molecule has 0 amide bonds. The van der Waals surface area contributed by atoms with Gasteiger partial charge in [0.15, 0.2) is 11.5 Å². The largest absolute Gasteiger partial charge is 0.321 e. The Kier molecular flexibility index (Phi) is 2.97. The van der Waals surface area contributed by atoms with Gasteiger partial charge < -0.3 is 5.73 Å². The van der Waals surface area contributed by atoms with E-state index in [2.05, 4.69) is 27.4 Å². The number of fused-ring (bicyclic) bond motifs is 1. The molecule has 0 spiro atoms. The molecular weight excluding hydrogens is 238 g/mol. The Bertz CT molecular complexity index is 689. The van der Waals surface area contributed by atoms with E-state index in [0.717, 1.165) is 17.8 Å². The zero-order chi connectivity index (χ0) is 13.2. The molecular formula is C14H15N5. The van der Waals surface area contributed by atoms with Crippen molar-refractivity contribution < 1.29 is 0 Å². The van der Waals surface area contributed by atoms with Crippen molar-refractivity contribution >= 4 is 5.65 Å². The molecule has 0 radical (unpaired) electrons. The van der Waals surface area contributed by atoms with Gasteiger partial charge in [0.05, 0.1) is 11.7 Å². The second kappa shape index (κ2) is 4.78. The van der Waals surface area contributed by atoms with E-state index < -0.39 is 0 Å². The summed E-state index contributed by atoms with van der Waals surface area (Å²) in [7, 11) is 0. The van der Waals surface area contributed by atoms with Crippen molar-refractivity contribution in [1.82, 2.24) is 19.8 Å². The molecule has 5 heteroatoms. The van der Waals surface area contributed by atoms with E-state index in [-0.39, 0.29) is 6.04 Å². The first-order chi connectivity index (χ1) is 9.24. The molecule has 2 N–H and O–H groups in total. The number of rotatable bonds is 3. The molecule has 1 unspecified atom stereocenters. The third-order valence-corrected chi connectivity index (χ3v) is 3.05. The highest BCUT2D eigenvalue weighted by molar-refractivity contribution is 5.36. The van der Waals surface area contributed by atoms with E-state index in [1.165, 1.54) is 5.56 Å². The highest BCUT2D eigenvalue weighted by atomic mass is 15.4. The SMILES string of the molecule is Cc1ccc2nnc(C(N)Cc3ccccc3)n2n1. The van der Waals surface area contributed by atoms with Crippen LogP contribution in [-0.4, -0.2) is 19.8 Å². The van der Waals surface area contributed by atoms with E-state index >= 15 is 0 Å². The van der Waals surface area contributed by atoms with Crippen molar-refractivity contribution in [3.63, 3.8) is 0 Å². The molecule has 1 atom stereocenters. The minimum atomic E-state index is -0.216. The summed E-state index contributed by atoms with van der Waals surface area (Å²) in [5, 5.41) is 12.7. The van der Waals surface area contributed by atoms with Crippen LogP contribution in [-0.2, 0) is 6.42 Å². The van der Waals surface area contributed by atoms with Crippen molar-refractivity contribution in [2.45, 2.75) is 19.4 Å². The van der Waals surface area contributed by atoms with Crippen molar-refractivity contribution in [1.29, 1.82) is 0 Å². The van der Waals surface area contributed by atoms with Gasteiger partial charge >= 0.3 is 0 Å². The summed E-state index contributed by atoms with van der Waals surface area (Å²) in [6.07, 6.45) is 0.719. The van der Waals surface area contributed by atoms with Crippen molar-refractivity contribution in [2.24, 2.45) is 5.73 Å². The number of aromatic nitrogens is 4. The topological polar surface area (TPSA) is 69.1 Å². The first-order valence-corrected chi connectivity index (χ1v) is 6.22. The molecule has 0 bridgehead atoms. The standard InChI is InChI=1S/C14H15N5/c1-10-7-8-13-16-17-14(19(13)18-10)12(15)9-11-5-3-2-4-6-11/h2-8,12H,9,15H2,1H3. The lowest BCUT2D eigenvalue weighted by Gasteiger charge is -2.09. The highest BCUT2D eigenvalue weighted by Crippen LogP contribution is 2.14. The number of hydrogen-bond donors (Lipinski definition) is 1. The zero-order valence-corrected chi connectivity index (χ0v) is 10.7. The first-order valence-electron chi connectivity index (χ1n) is 6.22. The van der Waals surface area contributed by atoms with Gasteiger partial charge in [-0.15, -0.1) is 10.2 Å². The second-order valence-electron chi connectivity index (χ2n) is 4.60. The fraction of sp³-hybridized carbons (Fsp3) is 0.214. The number of nitrogens with two attached hydrogens (primary N) is 1. The van der Waals surface area contributed by atoms with Gasteiger partial charge in [0.25, 0.3) is 0 Å². The van der Waals surface area contributed by atoms with E-state index in [1.54, 1.807) is 4.52 Å². The van der Waals surface area contributed by atoms with Crippen molar-refractivity contribution in [3.05, 3.63) is 59.5 Å². The monoisotopic (exact) mass is 253 g/mol. The van der Waals surface area contributed by atoms with Crippen LogP contribution in [0.15, 0.2) is 42.5 Å². The van der Waals surface area contributed by atoms with Crippen LogP contribution in [0.2, 0.25) is 0 Å². The Morgan fingerprint density at radius 2 is 1.89 bits per heavy atom. The molecule has 5 nitrogen and oxygen atoms in total. The molecule has 2 heterocycles. The van der Waals surface area contributed by atoms with Crippen LogP contribution < -0.4 is 5.73 Å². The van der Waals surface area contributed by atoms with Gasteiger partial charge in [0, 0.05) is 0 Å². The third-order valence-electron chi connectivity index (χ3n) is 3.05. The smallest absolute Gasteiger partial charge is 0.177 e. The first kappa shape index (κ1) is 11.8. The predicted molar refractivity (Wildman–Crippen MR) is 72.6 cm³/mol. The van der Waals surface area contributed by atoms with Gasteiger partial charge in [-0.3, -0.25) is 0 Å².